The van der Waals surface area contributed by atoms with E-state index < -0.39 is 61.0 Å². The highest BCUT2D eigenvalue weighted by Crippen LogP contribution is 2.32. The molecule has 4 rings (SSSR count). The topological polar surface area (TPSA) is 100.0 Å². The van der Waals surface area contributed by atoms with E-state index in [1.54, 1.807) is 0 Å². The van der Waals surface area contributed by atoms with Crippen molar-refractivity contribution in [2.75, 3.05) is 0 Å². The first-order valence-electron chi connectivity index (χ1n) is 11.2. The number of hydrogen-bond acceptors (Lipinski definition) is 6. The summed E-state index contributed by atoms with van der Waals surface area (Å²) in [6.07, 6.45) is -7.99. The lowest BCUT2D eigenvalue weighted by molar-refractivity contribution is -0.207. The van der Waals surface area contributed by atoms with Gasteiger partial charge in [-0.05, 0) is 36.4 Å². The van der Waals surface area contributed by atoms with Gasteiger partial charge in [0, 0.05) is 17.5 Å². The Bertz CT molecular complexity index is 1540. The molecule has 0 aliphatic rings. The summed E-state index contributed by atoms with van der Waals surface area (Å²) >= 11 is 5.86. The van der Waals surface area contributed by atoms with Gasteiger partial charge in [-0.25, -0.2) is 19.1 Å². The first-order chi connectivity index (χ1) is 18.6. The number of hydrogen-bond donors (Lipinski definition) is 1. The van der Waals surface area contributed by atoms with E-state index in [2.05, 4.69) is 19.9 Å². The zero-order valence-electron chi connectivity index (χ0n) is 20.2. The number of aliphatic hydroxyl groups excluding tert-OH is 1. The third-order valence-electron chi connectivity index (χ3n) is 5.40. The van der Waals surface area contributed by atoms with Crippen LogP contribution in [0.1, 0.15) is 18.6 Å². The van der Waals surface area contributed by atoms with Gasteiger partial charge < -0.3 is 9.84 Å². The smallest absolute Gasteiger partial charge is 0.416 e. The largest absolute Gasteiger partial charge is 0.433 e. The standard InChI is InChI=1S/C23H18ClF7N6O3/c1-22(27,28)19-32-17(33-37(19)14-4-2-3-5-15(14)40-20(25)26)11-36-21(39)35(10-16(38)23(29,30)31)18(34-36)12-6-8-13(24)9-7-12/h2-9,16,20,38H,10-11H2,1H3/t16-/m0/s1. The van der Waals surface area contributed by atoms with Crippen LogP contribution in [0.3, 0.4) is 0 Å². The average molecular weight is 595 g/mol. The number of benzene rings is 2. The van der Waals surface area contributed by atoms with Gasteiger partial charge in [0.05, 0.1) is 6.54 Å². The first kappa shape index (κ1) is 29.1. The number of aliphatic hydroxyl groups is 1. The maximum atomic E-state index is 14.5. The molecule has 2 aromatic carbocycles. The van der Waals surface area contributed by atoms with Crippen LogP contribution in [-0.4, -0.2) is 53.1 Å². The van der Waals surface area contributed by atoms with Crippen LogP contribution in [0.25, 0.3) is 17.1 Å². The van der Waals surface area contributed by atoms with Gasteiger partial charge in [0.2, 0.25) is 5.82 Å². The zero-order chi connectivity index (χ0) is 29.4. The Balaban J connectivity index is 1.80. The summed E-state index contributed by atoms with van der Waals surface area (Å²) in [5.41, 5.74) is -1.30. The number of halogens is 8. The van der Waals surface area contributed by atoms with E-state index in [0.29, 0.717) is 20.9 Å². The Morgan fingerprint density at radius 1 is 1.02 bits per heavy atom. The molecule has 40 heavy (non-hydrogen) atoms. The van der Waals surface area contributed by atoms with E-state index in [0.717, 1.165) is 6.07 Å². The summed E-state index contributed by atoms with van der Waals surface area (Å²) < 4.78 is 100. The molecule has 2 heterocycles. The quantitative estimate of drug-likeness (QED) is 0.284. The Morgan fingerprint density at radius 3 is 2.27 bits per heavy atom. The van der Waals surface area contributed by atoms with E-state index in [1.165, 1.54) is 42.5 Å². The van der Waals surface area contributed by atoms with E-state index in [-0.39, 0.29) is 22.1 Å². The number of aromatic nitrogens is 6. The molecule has 9 nitrogen and oxygen atoms in total. The van der Waals surface area contributed by atoms with Crippen molar-refractivity contribution >= 4 is 11.6 Å². The van der Waals surface area contributed by atoms with Gasteiger partial charge in [0.25, 0.3) is 0 Å². The molecule has 0 spiro atoms. The number of ether oxygens (including phenoxy) is 1. The van der Waals surface area contributed by atoms with Crippen LogP contribution in [0.2, 0.25) is 5.02 Å². The molecule has 214 valence electrons. The molecule has 0 aliphatic carbocycles. The molecule has 0 bridgehead atoms. The lowest BCUT2D eigenvalue weighted by atomic mass is 10.2. The molecule has 0 saturated heterocycles. The maximum Gasteiger partial charge on any atom is 0.416 e. The van der Waals surface area contributed by atoms with Gasteiger partial charge in [-0.15, -0.1) is 10.2 Å². The Labute approximate surface area is 225 Å². The summed E-state index contributed by atoms with van der Waals surface area (Å²) in [6.45, 7) is -4.73. The Morgan fingerprint density at radius 2 is 1.68 bits per heavy atom. The van der Waals surface area contributed by atoms with Crippen LogP contribution in [0.15, 0.2) is 53.3 Å². The Hall–Kier alpha value is -3.92. The Kier molecular flexibility index (Phi) is 7.94. The van der Waals surface area contributed by atoms with E-state index in [9.17, 15) is 40.6 Å². The predicted octanol–water partition coefficient (Wildman–Crippen LogP) is 4.63. The SMILES string of the molecule is CC(F)(F)c1nc(Cn2nc(-c3ccc(Cl)cc3)n(C[C@H](O)C(F)(F)F)c2=O)nn1-c1ccccc1OC(F)F. The number of alkyl halides is 7. The van der Waals surface area contributed by atoms with Crippen molar-refractivity contribution in [2.45, 2.75) is 44.8 Å². The average Bonchev–Trinajstić information content (AvgIpc) is 3.41. The highest BCUT2D eigenvalue weighted by molar-refractivity contribution is 6.30. The molecule has 0 radical (unpaired) electrons. The lowest BCUT2D eigenvalue weighted by Crippen LogP contribution is -2.37. The highest BCUT2D eigenvalue weighted by atomic mass is 35.5. The van der Waals surface area contributed by atoms with Crippen molar-refractivity contribution in [3.63, 3.8) is 0 Å². The minimum Gasteiger partial charge on any atom is -0.433 e. The number of para-hydroxylation sites is 2. The van der Waals surface area contributed by atoms with Crippen molar-refractivity contribution in [2.24, 2.45) is 0 Å². The molecule has 2 aromatic heterocycles. The van der Waals surface area contributed by atoms with Crippen LogP contribution in [0, 0.1) is 0 Å². The third kappa shape index (κ3) is 6.28. The monoisotopic (exact) mass is 594 g/mol. The molecule has 0 unspecified atom stereocenters. The minimum absolute atomic E-state index is 0.159. The van der Waals surface area contributed by atoms with Crippen LogP contribution in [0.4, 0.5) is 30.7 Å². The number of rotatable bonds is 9. The van der Waals surface area contributed by atoms with E-state index >= 15 is 0 Å². The van der Waals surface area contributed by atoms with Gasteiger partial charge in [-0.3, -0.25) is 4.57 Å². The van der Waals surface area contributed by atoms with Gasteiger partial charge in [0.1, 0.15) is 12.2 Å². The molecule has 0 saturated carbocycles. The van der Waals surface area contributed by atoms with Gasteiger partial charge in [-0.2, -0.15) is 30.7 Å². The van der Waals surface area contributed by atoms with E-state index in [4.69, 9.17) is 11.6 Å². The third-order valence-corrected chi connectivity index (χ3v) is 5.65. The van der Waals surface area contributed by atoms with Crippen molar-refractivity contribution < 1.29 is 40.6 Å². The maximum absolute atomic E-state index is 14.5. The van der Waals surface area contributed by atoms with E-state index in [1.807, 2.05) is 0 Å². The molecule has 1 N–H and O–H groups in total. The summed E-state index contributed by atoms with van der Waals surface area (Å²) in [7, 11) is 0. The molecular weight excluding hydrogens is 577 g/mol. The molecule has 4 aromatic rings. The fraction of sp³-hybridized carbons (Fsp3) is 0.304. The van der Waals surface area contributed by atoms with Gasteiger partial charge >= 0.3 is 24.4 Å². The fourth-order valence-electron chi connectivity index (χ4n) is 3.63. The van der Waals surface area contributed by atoms with Crippen molar-refractivity contribution in [1.29, 1.82) is 0 Å². The zero-order valence-corrected chi connectivity index (χ0v) is 20.9. The van der Waals surface area contributed by atoms with Crippen LogP contribution in [0.5, 0.6) is 5.75 Å². The predicted molar refractivity (Wildman–Crippen MR) is 126 cm³/mol. The summed E-state index contributed by atoms with van der Waals surface area (Å²) in [5.74, 6) is -5.88. The molecule has 17 heteroatoms. The van der Waals surface area contributed by atoms with Gasteiger partial charge in [0.15, 0.2) is 23.5 Å². The summed E-state index contributed by atoms with van der Waals surface area (Å²) in [5, 5.41) is 17.8. The highest BCUT2D eigenvalue weighted by Gasteiger charge is 2.39. The summed E-state index contributed by atoms with van der Waals surface area (Å²) in [6, 6.07) is 10.5. The van der Waals surface area contributed by atoms with Crippen molar-refractivity contribution in [1.82, 2.24) is 29.1 Å². The van der Waals surface area contributed by atoms with Crippen LogP contribution in [-0.2, 0) is 19.0 Å². The molecule has 0 aliphatic heterocycles. The van der Waals surface area contributed by atoms with Gasteiger partial charge in [-0.1, -0.05) is 23.7 Å². The molecule has 1 atom stereocenters. The second-order valence-electron chi connectivity index (χ2n) is 8.44. The molecule has 0 amide bonds. The fourth-order valence-corrected chi connectivity index (χ4v) is 3.76. The first-order valence-corrected chi connectivity index (χ1v) is 11.6. The minimum atomic E-state index is -5.06. The lowest BCUT2D eigenvalue weighted by Gasteiger charge is -2.15. The summed E-state index contributed by atoms with van der Waals surface area (Å²) in [4.78, 5) is 16.8. The van der Waals surface area contributed by atoms with Crippen LogP contribution >= 0.6 is 11.6 Å². The van der Waals surface area contributed by atoms with Crippen molar-refractivity contribution in [3.05, 3.63) is 75.7 Å². The van der Waals surface area contributed by atoms with Crippen LogP contribution < -0.4 is 10.4 Å². The normalized spacial score (nSPS) is 13.2. The second-order valence-corrected chi connectivity index (χ2v) is 8.87. The molecular formula is C23H18ClF7N6O3. The number of nitrogens with zero attached hydrogens (tertiary/aromatic N) is 6. The molecule has 0 fully saturated rings. The van der Waals surface area contributed by atoms with Crippen molar-refractivity contribution in [3.8, 4) is 22.8 Å². The second kappa shape index (κ2) is 10.9.